The molecule has 0 radical (unpaired) electrons. The average Bonchev–Trinajstić information content (AvgIpc) is 2.55. The Morgan fingerprint density at radius 3 is 2.14 bits per heavy atom. The van der Waals surface area contributed by atoms with Crippen LogP contribution in [0.5, 0.6) is 0 Å². The first kappa shape index (κ1) is 12.4. The van der Waals surface area contributed by atoms with Crippen LogP contribution in [0.4, 0.5) is 0 Å². The van der Waals surface area contributed by atoms with E-state index in [9.17, 15) is 0 Å². The maximum Gasteiger partial charge on any atom is 0.0484 e. The first-order valence-electron chi connectivity index (χ1n) is 6.99. The van der Waals surface area contributed by atoms with Gasteiger partial charge in [0.05, 0.1) is 0 Å². The van der Waals surface area contributed by atoms with E-state index in [4.69, 9.17) is 11.6 Å². The van der Waals surface area contributed by atoms with Gasteiger partial charge in [-0.2, -0.15) is 0 Å². The molecule has 100 valence electrons. The summed E-state index contributed by atoms with van der Waals surface area (Å²) in [4.78, 5) is 0. The van der Waals surface area contributed by atoms with Crippen LogP contribution in [0, 0.1) is 0 Å². The number of hydrogen-bond donors (Lipinski definition) is 0. The van der Waals surface area contributed by atoms with Crippen molar-refractivity contribution in [1.82, 2.24) is 0 Å². The van der Waals surface area contributed by atoms with E-state index in [1.165, 1.54) is 27.3 Å². The predicted octanol–water partition coefficient (Wildman–Crippen LogP) is 6.31. The summed E-state index contributed by atoms with van der Waals surface area (Å²) in [5, 5.41) is 5.62. The second-order valence-corrected chi connectivity index (χ2v) is 5.61. The van der Waals surface area contributed by atoms with E-state index in [1.54, 1.807) is 0 Å². The summed E-state index contributed by atoms with van der Waals surface area (Å²) in [6.07, 6.45) is 0. The summed E-state index contributed by atoms with van der Waals surface area (Å²) in [5.41, 5.74) is 2.45. The first-order valence-corrected chi connectivity index (χ1v) is 7.37. The second kappa shape index (κ2) is 4.91. The molecule has 0 amide bonds. The lowest BCUT2D eigenvalue weighted by Gasteiger charge is -2.09. The maximum atomic E-state index is 6.31. The smallest absolute Gasteiger partial charge is 0.0484 e. The molecule has 0 atom stereocenters. The van der Waals surface area contributed by atoms with Gasteiger partial charge >= 0.3 is 0 Å². The normalized spacial score (nSPS) is 11.1. The maximum absolute atomic E-state index is 6.31. The molecule has 0 aliphatic carbocycles. The van der Waals surface area contributed by atoms with Crippen LogP contribution in [0.1, 0.15) is 0 Å². The predicted molar refractivity (Wildman–Crippen MR) is 91.9 cm³/mol. The lowest BCUT2D eigenvalue weighted by molar-refractivity contribution is 1.68. The summed E-state index contributed by atoms with van der Waals surface area (Å²) in [7, 11) is 0. The molecule has 0 bridgehead atoms. The van der Waals surface area contributed by atoms with Crippen LogP contribution >= 0.6 is 11.6 Å². The molecular formula is C20H13Cl. The summed E-state index contributed by atoms with van der Waals surface area (Å²) in [6, 6.07) is 27.4. The Morgan fingerprint density at radius 1 is 0.571 bits per heavy atom. The standard InChI is InChI=1S/C20H13Cl/c21-20-12-11-17(18-7-3-4-8-19(18)20)16-10-9-14-5-1-2-6-15(14)13-16/h1-13H. The van der Waals surface area contributed by atoms with Crippen LogP contribution < -0.4 is 0 Å². The van der Waals surface area contributed by atoms with Gasteiger partial charge in [0.25, 0.3) is 0 Å². The highest BCUT2D eigenvalue weighted by atomic mass is 35.5. The number of rotatable bonds is 1. The molecule has 0 aromatic heterocycles. The molecule has 21 heavy (non-hydrogen) atoms. The second-order valence-electron chi connectivity index (χ2n) is 5.20. The van der Waals surface area contributed by atoms with Gasteiger partial charge in [-0.15, -0.1) is 0 Å². The summed E-state index contributed by atoms with van der Waals surface area (Å²) in [5.74, 6) is 0. The molecule has 0 spiro atoms. The topological polar surface area (TPSA) is 0 Å². The fourth-order valence-corrected chi connectivity index (χ4v) is 3.10. The molecular weight excluding hydrogens is 276 g/mol. The molecule has 0 aliphatic heterocycles. The lowest BCUT2D eigenvalue weighted by atomic mass is 9.96. The van der Waals surface area contributed by atoms with E-state index in [0.29, 0.717) is 0 Å². The van der Waals surface area contributed by atoms with Crippen LogP contribution in [0.15, 0.2) is 78.9 Å². The van der Waals surface area contributed by atoms with Crippen LogP contribution in [-0.2, 0) is 0 Å². The van der Waals surface area contributed by atoms with Gasteiger partial charge in [0.1, 0.15) is 0 Å². The highest BCUT2D eigenvalue weighted by molar-refractivity contribution is 6.36. The number of halogens is 1. The molecule has 0 saturated carbocycles. The molecule has 0 nitrogen and oxygen atoms in total. The minimum Gasteiger partial charge on any atom is -0.0837 e. The summed E-state index contributed by atoms with van der Waals surface area (Å²) in [6.45, 7) is 0. The molecule has 4 aromatic rings. The van der Waals surface area contributed by atoms with E-state index < -0.39 is 0 Å². The van der Waals surface area contributed by atoms with Crippen molar-refractivity contribution in [2.24, 2.45) is 0 Å². The van der Waals surface area contributed by atoms with Gasteiger partial charge in [-0.05, 0) is 39.4 Å². The van der Waals surface area contributed by atoms with Crippen LogP contribution in [-0.4, -0.2) is 0 Å². The van der Waals surface area contributed by atoms with Crippen molar-refractivity contribution in [3.8, 4) is 11.1 Å². The van der Waals surface area contributed by atoms with E-state index in [1.807, 2.05) is 12.1 Å². The molecule has 0 N–H and O–H groups in total. The van der Waals surface area contributed by atoms with E-state index >= 15 is 0 Å². The SMILES string of the molecule is Clc1ccc(-c2ccc3ccccc3c2)c2ccccc12. The highest BCUT2D eigenvalue weighted by Crippen LogP contribution is 2.34. The van der Waals surface area contributed by atoms with E-state index in [0.717, 1.165) is 10.4 Å². The molecule has 0 heterocycles. The van der Waals surface area contributed by atoms with Crippen molar-refractivity contribution in [1.29, 1.82) is 0 Å². The number of hydrogen-bond acceptors (Lipinski definition) is 0. The van der Waals surface area contributed by atoms with Gasteiger partial charge in [0.15, 0.2) is 0 Å². The molecule has 0 saturated heterocycles. The summed E-state index contributed by atoms with van der Waals surface area (Å²) >= 11 is 6.31. The minimum atomic E-state index is 0.801. The Bertz CT molecular complexity index is 954. The van der Waals surface area contributed by atoms with Gasteiger partial charge in [-0.3, -0.25) is 0 Å². The molecule has 0 unspecified atom stereocenters. The fraction of sp³-hybridized carbons (Fsp3) is 0. The third-order valence-corrected chi connectivity index (χ3v) is 4.26. The summed E-state index contributed by atoms with van der Waals surface area (Å²) < 4.78 is 0. The fourth-order valence-electron chi connectivity index (χ4n) is 2.87. The zero-order valence-electron chi connectivity index (χ0n) is 11.4. The first-order chi connectivity index (χ1) is 10.3. The van der Waals surface area contributed by atoms with E-state index in [-0.39, 0.29) is 0 Å². The monoisotopic (exact) mass is 288 g/mol. The zero-order valence-corrected chi connectivity index (χ0v) is 12.1. The van der Waals surface area contributed by atoms with Gasteiger partial charge in [-0.25, -0.2) is 0 Å². The molecule has 0 fully saturated rings. The van der Waals surface area contributed by atoms with E-state index in [2.05, 4.69) is 66.7 Å². The molecule has 1 heteroatoms. The van der Waals surface area contributed by atoms with Crippen molar-refractivity contribution in [2.45, 2.75) is 0 Å². The molecule has 0 aliphatic rings. The van der Waals surface area contributed by atoms with Gasteiger partial charge < -0.3 is 0 Å². The van der Waals surface area contributed by atoms with Crippen molar-refractivity contribution < 1.29 is 0 Å². The van der Waals surface area contributed by atoms with Crippen LogP contribution in [0.25, 0.3) is 32.7 Å². The van der Waals surface area contributed by atoms with Gasteiger partial charge in [0, 0.05) is 10.4 Å². The zero-order chi connectivity index (χ0) is 14.2. The third kappa shape index (κ3) is 2.09. The third-order valence-electron chi connectivity index (χ3n) is 3.93. The quantitative estimate of drug-likeness (QED) is 0.385. The molecule has 4 rings (SSSR count). The molecule has 4 aromatic carbocycles. The Kier molecular flexibility index (Phi) is 2.90. The number of fused-ring (bicyclic) bond motifs is 2. The Labute approximate surface area is 128 Å². The van der Waals surface area contributed by atoms with Crippen LogP contribution in [0.3, 0.4) is 0 Å². The van der Waals surface area contributed by atoms with Crippen molar-refractivity contribution >= 4 is 33.1 Å². The van der Waals surface area contributed by atoms with Crippen molar-refractivity contribution in [2.75, 3.05) is 0 Å². The van der Waals surface area contributed by atoms with Crippen molar-refractivity contribution in [3.05, 3.63) is 83.9 Å². The lowest BCUT2D eigenvalue weighted by Crippen LogP contribution is -1.83. The minimum absolute atomic E-state index is 0.801. The average molecular weight is 289 g/mol. The Balaban J connectivity index is 2.02. The number of benzene rings is 4. The van der Waals surface area contributed by atoms with Crippen LogP contribution in [0.2, 0.25) is 5.02 Å². The Morgan fingerprint density at radius 2 is 1.29 bits per heavy atom. The Hall–Kier alpha value is -2.31. The highest BCUT2D eigenvalue weighted by Gasteiger charge is 2.06. The van der Waals surface area contributed by atoms with Gasteiger partial charge in [0.2, 0.25) is 0 Å². The van der Waals surface area contributed by atoms with Gasteiger partial charge in [-0.1, -0.05) is 78.3 Å². The largest absolute Gasteiger partial charge is 0.0837 e. The van der Waals surface area contributed by atoms with Crippen molar-refractivity contribution in [3.63, 3.8) is 0 Å².